The van der Waals surface area contributed by atoms with Crippen molar-refractivity contribution in [3.8, 4) is 5.75 Å². The number of aliphatic hydroxyl groups excluding tert-OH is 1. The summed E-state index contributed by atoms with van der Waals surface area (Å²) in [5.74, 6) is 0.110. The highest BCUT2D eigenvalue weighted by molar-refractivity contribution is 5.47. The number of aliphatic hydroxyl groups is 1. The standard InChI is InChI=1S/C19H23F3O2/c1-18-7-6-13-12(14(18)4-5-16(18)24)3-2-10-8-11(23)9-15(17(10)13)19(20,21)22/h8-9,12-14,16,23-24H,2-7H2,1H3/t12-,13+,14+,16+,18+/m1/s1. The SMILES string of the molecule is C[C@]12CC[C@@H]3c4c(cc(O)cc4C(F)(F)F)CC[C@H]3[C@@H]1CC[C@@H]2O. The predicted molar refractivity (Wildman–Crippen MR) is 83.7 cm³/mol. The van der Waals surface area contributed by atoms with Crippen molar-refractivity contribution in [3.05, 3.63) is 28.8 Å². The lowest BCUT2D eigenvalue weighted by molar-refractivity contribution is -0.139. The van der Waals surface area contributed by atoms with E-state index in [0.29, 0.717) is 29.9 Å². The van der Waals surface area contributed by atoms with Gasteiger partial charge in [-0.15, -0.1) is 0 Å². The number of rotatable bonds is 0. The topological polar surface area (TPSA) is 40.5 Å². The third-order valence-corrected chi connectivity index (χ3v) is 7.06. The molecular formula is C19H23F3O2. The van der Waals surface area contributed by atoms with E-state index < -0.39 is 11.7 Å². The largest absolute Gasteiger partial charge is 0.508 e. The fourth-order valence-electron chi connectivity index (χ4n) is 5.92. The molecule has 0 saturated heterocycles. The van der Waals surface area contributed by atoms with Crippen molar-refractivity contribution in [2.24, 2.45) is 17.3 Å². The Morgan fingerprint density at radius 2 is 1.88 bits per heavy atom. The number of phenols is 1. The van der Waals surface area contributed by atoms with Crippen LogP contribution in [0.15, 0.2) is 12.1 Å². The molecule has 5 atom stereocenters. The number of phenolic OH excluding ortho intramolecular Hbond substituents is 1. The van der Waals surface area contributed by atoms with E-state index in [2.05, 4.69) is 6.92 Å². The van der Waals surface area contributed by atoms with Crippen LogP contribution in [-0.4, -0.2) is 16.3 Å². The minimum absolute atomic E-state index is 0.102. The Labute approximate surface area is 139 Å². The second-order valence-corrected chi connectivity index (χ2v) is 8.12. The molecule has 0 aromatic heterocycles. The zero-order valence-electron chi connectivity index (χ0n) is 13.7. The summed E-state index contributed by atoms with van der Waals surface area (Å²) in [7, 11) is 0. The summed E-state index contributed by atoms with van der Waals surface area (Å²) in [4.78, 5) is 0. The van der Waals surface area contributed by atoms with Crippen LogP contribution in [0.1, 0.15) is 61.6 Å². The molecule has 0 heterocycles. The van der Waals surface area contributed by atoms with Crippen LogP contribution in [-0.2, 0) is 12.6 Å². The molecule has 2 N–H and O–H groups in total. The number of fused-ring (bicyclic) bond motifs is 5. The molecule has 0 radical (unpaired) electrons. The number of alkyl halides is 3. The molecule has 0 amide bonds. The highest BCUT2D eigenvalue weighted by Crippen LogP contribution is 2.62. The van der Waals surface area contributed by atoms with Crippen molar-refractivity contribution < 1.29 is 23.4 Å². The summed E-state index contributed by atoms with van der Waals surface area (Å²) >= 11 is 0. The number of halogens is 3. The van der Waals surface area contributed by atoms with Crippen LogP contribution in [0.5, 0.6) is 5.75 Å². The monoisotopic (exact) mass is 340 g/mol. The number of aryl methyl sites for hydroxylation is 1. The Bertz CT molecular complexity index is 669. The average molecular weight is 340 g/mol. The Kier molecular flexibility index (Phi) is 3.48. The molecular weight excluding hydrogens is 317 g/mol. The second-order valence-electron chi connectivity index (χ2n) is 8.12. The van der Waals surface area contributed by atoms with E-state index in [4.69, 9.17) is 0 Å². The first-order chi connectivity index (χ1) is 11.2. The van der Waals surface area contributed by atoms with Crippen LogP contribution in [0.25, 0.3) is 0 Å². The molecule has 2 nitrogen and oxygen atoms in total. The molecule has 3 aliphatic carbocycles. The molecule has 2 saturated carbocycles. The predicted octanol–water partition coefficient (Wildman–Crippen LogP) is 4.63. The second kappa shape index (κ2) is 5.13. The van der Waals surface area contributed by atoms with E-state index in [9.17, 15) is 23.4 Å². The highest BCUT2D eigenvalue weighted by Gasteiger charge is 2.55. The Morgan fingerprint density at radius 1 is 1.12 bits per heavy atom. The molecule has 0 unspecified atom stereocenters. The first-order valence-corrected chi connectivity index (χ1v) is 8.83. The van der Waals surface area contributed by atoms with Crippen LogP contribution in [0.3, 0.4) is 0 Å². The number of hydrogen-bond donors (Lipinski definition) is 2. The third kappa shape index (κ3) is 2.20. The van der Waals surface area contributed by atoms with Crippen LogP contribution in [0.2, 0.25) is 0 Å². The molecule has 1 aromatic carbocycles. The fourth-order valence-corrected chi connectivity index (χ4v) is 5.92. The van der Waals surface area contributed by atoms with E-state index in [1.165, 1.54) is 6.07 Å². The van der Waals surface area contributed by atoms with Gasteiger partial charge in [-0.05, 0) is 85.0 Å². The molecule has 5 heteroatoms. The molecule has 132 valence electrons. The summed E-state index contributed by atoms with van der Waals surface area (Å²) in [6, 6.07) is 2.40. The summed E-state index contributed by atoms with van der Waals surface area (Å²) in [5, 5.41) is 20.1. The van der Waals surface area contributed by atoms with Gasteiger partial charge in [0, 0.05) is 0 Å². The molecule has 4 rings (SSSR count). The lowest BCUT2D eigenvalue weighted by Crippen LogP contribution is -2.44. The normalized spacial score (nSPS) is 38.4. The minimum atomic E-state index is -4.44. The maximum Gasteiger partial charge on any atom is 0.416 e. The minimum Gasteiger partial charge on any atom is -0.508 e. The maximum atomic E-state index is 13.6. The lowest BCUT2D eigenvalue weighted by Gasteiger charge is -2.50. The molecule has 3 aliphatic rings. The van der Waals surface area contributed by atoms with Crippen molar-refractivity contribution in [1.82, 2.24) is 0 Å². The first-order valence-electron chi connectivity index (χ1n) is 8.83. The Morgan fingerprint density at radius 3 is 2.58 bits per heavy atom. The number of aromatic hydroxyl groups is 1. The zero-order valence-corrected chi connectivity index (χ0v) is 13.7. The fraction of sp³-hybridized carbons (Fsp3) is 0.684. The molecule has 24 heavy (non-hydrogen) atoms. The van der Waals surface area contributed by atoms with Crippen LogP contribution in [0, 0.1) is 17.3 Å². The maximum absolute atomic E-state index is 13.6. The van der Waals surface area contributed by atoms with Crippen molar-refractivity contribution in [2.45, 2.75) is 63.6 Å². The Hall–Kier alpha value is -1.23. The number of benzene rings is 1. The smallest absolute Gasteiger partial charge is 0.416 e. The van der Waals surface area contributed by atoms with Crippen molar-refractivity contribution in [2.75, 3.05) is 0 Å². The molecule has 1 aromatic rings. The molecule has 0 aliphatic heterocycles. The van der Waals surface area contributed by atoms with Gasteiger partial charge in [0.2, 0.25) is 0 Å². The van der Waals surface area contributed by atoms with Crippen LogP contribution in [0.4, 0.5) is 13.2 Å². The van der Waals surface area contributed by atoms with E-state index >= 15 is 0 Å². The van der Waals surface area contributed by atoms with Gasteiger partial charge in [0.25, 0.3) is 0 Å². The summed E-state index contributed by atoms with van der Waals surface area (Å²) in [6.07, 6.45) is -0.200. The van der Waals surface area contributed by atoms with E-state index in [0.717, 1.165) is 31.7 Å². The van der Waals surface area contributed by atoms with Gasteiger partial charge in [-0.25, -0.2) is 0 Å². The average Bonchev–Trinajstić information content (AvgIpc) is 2.81. The van der Waals surface area contributed by atoms with Gasteiger partial charge in [0.1, 0.15) is 5.75 Å². The van der Waals surface area contributed by atoms with Crippen LogP contribution < -0.4 is 0 Å². The van der Waals surface area contributed by atoms with Gasteiger partial charge in [0.15, 0.2) is 0 Å². The van der Waals surface area contributed by atoms with Gasteiger partial charge in [-0.1, -0.05) is 6.92 Å². The van der Waals surface area contributed by atoms with Gasteiger partial charge < -0.3 is 10.2 Å². The van der Waals surface area contributed by atoms with E-state index in [-0.39, 0.29) is 29.1 Å². The third-order valence-electron chi connectivity index (χ3n) is 7.06. The lowest BCUT2D eigenvalue weighted by atomic mass is 9.55. The number of hydrogen-bond acceptors (Lipinski definition) is 2. The van der Waals surface area contributed by atoms with Crippen molar-refractivity contribution >= 4 is 0 Å². The molecule has 0 spiro atoms. The quantitative estimate of drug-likeness (QED) is 0.723. The van der Waals surface area contributed by atoms with Crippen molar-refractivity contribution in [1.29, 1.82) is 0 Å². The van der Waals surface area contributed by atoms with Gasteiger partial charge in [-0.3, -0.25) is 0 Å². The summed E-state index contributed by atoms with van der Waals surface area (Å²) in [5.41, 5.74) is 0.272. The van der Waals surface area contributed by atoms with E-state index in [1.807, 2.05) is 0 Å². The van der Waals surface area contributed by atoms with Gasteiger partial charge in [-0.2, -0.15) is 13.2 Å². The first kappa shape index (κ1) is 16.2. The van der Waals surface area contributed by atoms with Crippen molar-refractivity contribution in [3.63, 3.8) is 0 Å². The summed E-state index contributed by atoms with van der Waals surface area (Å²) in [6.45, 7) is 2.11. The highest BCUT2D eigenvalue weighted by atomic mass is 19.4. The molecule has 2 fully saturated rings. The Balaban J connectivity index is 1.80. The summed E-state index contributed by atoms with van der Waals surface area (Å²) < 4.78 is 40.7. The molecule has 0 bridgehead atoms. The van der Waals surface area contributed by atoms with E-state index in [1.54, 1.807) is 0 Å². The van der Waals surface area contributed by atoms with Gasteiger partial charge in [0.05, 0.1) is 11.7 Å². The zero-order chi connectivity index (χ0) is 17.3. The van der Waals surface area contributed by atoms with Gasteiger partial charge >= 0.3 is 6.18 Å². The van der Waals surface area contributed by atoms with Crippen LogP contribution >= 0.6 is 0 Å².